The Morgan fingerprint density at radius 2 is 2.15 bits per heavy atom. The number of nitrogens with two attached hydrogens (primary N) is 1. The molecule has 0 fully saturated rings. The van der Waals surface area contributed by atoms with Crippen molar-refractivity contribution >= 4 is 34.1 Å². The lowest BCUT2D eigenvalue weighted by Crippen LogP contribution is -2.34. The number of carbonyl (C=O) groups is 1. The Hall–Kier alpha value is -2.08. The SMILES string of the molecule is CC(C)NC(=O)COc1c(C(N)=S)oc2ccccc12. The van der Waals surface area contributed by atoms with Crippen LogP contribution in [0.25, 0.3) is 11.0 Å². The molecule has 1 heterocycles. The number of furan rings is 1. The van der Waals surface area contributed by atoms with Gasteiger partial charge in [-0.1, -0.05) is 24.4 Å². The van der Waals surface area contributed by atoms with E-state index in [0.29, 0.717) is 17.1 Å². The third kappa shape index (κ3) is 3.08. The Morgan fingerprint density at radius 1 is 1.45 bits per heavy atom. The van der Waals surface area contributed by atoms with Gasteiger partial charge in [-0.3, -0.25) is 4.79 Å². The second-order valence-corrected chi connectivity index (χ2v) is 5.07. The molecule has 1 amide bonds. The number of benzene rings is 1. The van der Waals surface area contributed by atoms with Crippen molar-refractivity contribution in [3.8, 4) is 5.75 Å². The molecule has 6 heteroatoms. The van der Waals surface area contributed by atoms with Crippen LogP contribution in [0.5, 0.6) is 5.75 Å². The van der Waals surface area contributed by atoms with E-state index in [1.807, 2.05) is 32.0 Å². The largest absolute Gasteiger partial charge is 0.479 e. The van der Waals surface area contributed by atoms with Crippen molar-refractivity contribution in [2.75, 3.05) is 6.61 Å². The van der Waals surface area contributed by atoms with Crippen LogP contribution >= 0.6 is 12.2 Å². The first kappa shape index (κ1) is 14.3. The standard InChI is InChI=1S/C14H16N2O3S/c1-8(2)16-11(17)7-18-12-9-5-3-4-6-10(9)19-13(12)14(15)20/h3-6,8H,7H2,1-2H3,(H2,15,20)(H,16,17). The van der Waals surface area contributed by atoms with Gasteiger partial charge in [-0.05, 0) is 26.0 Å². The van der Waals surface area contributed by atoms with E-state index in [1.54, 1.807) is 6.07 Å². The van der Waals surface area contributed by atoms with Crippen molar-refractivity contribution in [2.24, 2.45) is 5.73 Å². The van der Waals surface area contributed by atoms with Crippen molar-refractivity contribution in [1.29, 1.82) is 0 Å². The fourth-order valence-electron chi connectivity index (χ4n) is 1.83. The zero-order chi connectivity index (χ0) is 14.7. The number of ether oxygens (including phenoxy) is 1. The first-order valence-corrected chi connectivity index (χ1v) is 6.63. The van der Waals surface area contributed by atoms with E-state index >= 15 is 0 Å². The highest BCUT2D eigenvalue weighted by Crippen LogP contribution is 2.32. The van der Waals surface area contributed by atoms with Crippen LogP contribution in [0.4, 0.5) is 0 Å². The van der Waals surface area contributed by atoms with Gasteiger partial charge in [-0.2, -0.15) is 0 Å². The van der Waals surface area contributed by atoms with E-state index in [-0.39, 0.29) is 23.5 Å². The van der Waals surface area contributed by atoms with Crippen LogP contribution in [0.2, 0.25) is 0 Å². The second-order valence-electron chi connectivity index (χ2n) is 4.63. The van der Waals surface area contributed by atoms with Crippen LogP contribution < -0.4 is 15.8 Å². The van der Waals surface area contributed by atoms with Gasteiger partial charge in [-0.25, -0.2) is 0 Å². The summed E-state index contributed by atoms with van der Waals surface area (Å²) in [4.78, 5) is 11.7. The lowest BCUT2D eigenvalue weighted by molar-refractivity contribution is -0.123. The number of rotatable bonds is 5. The molecule has 0 aliphatic rings. The van der Waals surface area contributed by atoms with Crippen LogP contribution in [0.3, 0.4) is 0 Å². The molecule has 0 atom stereocenters. The van der Waals surface area contributed by atoms with E-state index < -0.39 is 0 Å². The fourth-order valence-corrected chi connectivity index (χ4v) is 1.96. The van der Waals surface area contributed by atoms with E-state index in [9.17, 15) is 4.79 Å². The Morgan fingerprint density at radius 3 is 2.80 bits per heavy atom. The number of amides is 1. The molecule has 0 bridgehead atoms. The van der Waals surface area contributed by atoms with Crippen LogP contribution in [0.1, 0.15) is 19.6 Å². The Bertz CT molecular complexity index is 649. The number of para-hydroxylation sites is 1. The molecule has 1 aromatic carbocycles. The topological polar surface area (TPSA) is 77.5 Å². The normalized spacial score (nSPS) is 10.8. The maximum atomic E-state index is 11.6. The van der Waals surface area contributed by atoms with E-state index in [4.69, 9.17) is 27.1 Å². The van der Waals surface area contributed by atoms with E-state index in [0.717, 1.165) is 5.39 Å². The Labute approximate surface area is 122 Å². The molecular formula is C14H16N2O3S. The van der Waals surface area contributed by atoms with Crippen molar-refractivity contribution < 1.29 is 13.9 Å². The number of nitrogens with one attached hydrogen (secondary N) is 1. The summed E-state index contributed by atoms with van der Waals surface area (Å²) in [5.41, 5.74) is 6.24. The van der Waals surface area contributed by atoms with E-state index in [2.05, 4.69) is 5.32 Å². The summed E-state index contributed by atoms with van der Waals surface area (Å²) in [5, 5.41) is 3.49. The van der Waals surface area contributed by atoms with Crippen LogP contribution in [0.15, 0.2) is 28.7 Å². The second kappa shape index (κ2) is 5.92. The Kier molecular flexibility index (Phi) is 4.24. The summed E-state index contributed by atoms with van der Waals surface area (Å²) in [7, 11) is 0. The molecule has 106 valence electrons. The molecule has 2 aromatic rings. The van der Waals surface area contributed by atoms with Gasteiger partial charge < -0.3 is 20.2 Å². The highest BCUT2D eigenvalue weighted by molar-refractivity contribution is 7.80. The minimum Gasteiger partial charge on any atom is -0.479 e. The molecule has 0 unspecified atom stereocenters. The van der Waals surface area contributed by atoms with Crippen LogP contribution in [-0.2, 0) is 4.79 Å². The lowest BCUT2D eigenvalue weighted by Gasteiger charge is -2.09. The van der Waals surface area contributed by atoms with Gasteiger partial charge >= 0.3 is 0 Å². The highest BCUT2D eigenvalue weighted by atomic mass is 32.1. The number of fused-ring (bicyclic) bond motifs is 1. The maximum absolute atomic E-state index is 11.6. The summed E-state index contributed by atoms with van der Waals surface area (Å²) < 4.78 is 11.1. The zero-order valence-corrected chi connectivity index (χ0v) is 12.1. The molecule has 0 radical (unpaired) electrons. The molecule has 0 saturated heterocycles. The quantitative estimate of drug-likeness (QED) is 0.824. The summed E-state index contributed by atoms with van der Waals surface area (Å²) in [6.45, 7) is 3.65. The molecule has 5 nitrogen and oxygen atoms in total. The van der Waals surface area contributed by atoms with Gasteiger partial charge in [0.05, 0.1) is 5.39 Å². The molecule has 0 saturated carbocycles. The fraction of sp³-hybridized carbons (Fsp3) is 0.286. The van der Waals surface area contributed by atoms with Gasteiger partial charge in [-0.15, -0.1) is 0 Å². The van der Waals surface area contributed by atoms with Crippen LogP contribution in [-0.4, -0.2) is 23.5 Å². The molecule has 1 aromatic heterocycles. The average Bonchev–Trinajstić information content (AvgIpc) is 2.74. The van der Waals surface area contributed by atoms with Gasteiger partial charge in [0.1, 0.15) is 10.6 Å². The first-order chi connectivity index (χ1) is 9.49. The lowest BCUT2D eigenvalue weighted by atomic mass is 10.2. The van der Waals surface area contributed by atoms with Gasteiger partial charge in [0.15, 0.2) is 12.4 Å². The summed E-state index contributed by atoms with van der Waals surface area (Å²) in [6, 6.07) is 7.36. The third-order valence-electron chi connectivity index (χ3n) is 2.57. The summed E-state index contributed by atoms with van der Waals surface area (Å²) >= 11 is 4.94. The molecule has 2 rings (SSSR count). The number of hydrogen-bond acceptors (Lipinski definition) is 4. The minimum atomic E-state index is -0.209. The molecule has 3 N–H and O–H groups in total. The van der Waals surface area contributed by atoms with Crippen molar-refractivity contribution in [3.05, 3.63) is 30.0 Å². The predicted molar refractivity (Wildman–Crippen MR) is 80.9 cm³/mol. The molecule has 20 heavy (non-hydrogen) atoms. The first-order valence-electron chi connectivity index (χ1n) is 6.22. The van der Waals surface area contributed by atoms with Crippen molar-refractivity contribution in [2.45, 2.75) is 19.9 Å². The smallest absolute Gasteiger partial charge is 0.258 e. The van der Waals surface area contributed by atoms with E-state index in [1.165, 1.54) is 0 Å². The van der Waals surface area contributed by atoms with Gasteiger partial charge in [0.25, 0.3) is 5.91 Å². The Balaban J connectivity index is 2.26. The molecule has 0 aliphatic heterocycles. The predicted octanol–water partition coefficient (Wildman–Crippen LogP) is 1.97. The maximum Gasteiger partial charge on any atom is 0.258 e. The minimum absolute atomic E-state index is 0.0576. The molecule has 0 spiro atoms. The van der Waals surface area contributed by atoms with Crippen molar-refractivity contribution in [1.82, 2.24) is 5.32 Å². The summed E-state index contributed by atoms with van der Waals surface area (Å²) in [5.74, 6) is 0.490. The number of thiocarbonyl (C=S) groups is 1. The van der Waals surface area contributed by atoms with Gasteiger partial charge in [0, 0.05) is 6.04 Å². The third-order valence-corrected chi connectivity index (χ3v) is 2.76. The van der Waals surface area contributed by atoms with Crippen molar-refractivity contribution in [3.63, 3.8) is 0 Å². The average molecular weight is 292 g/mol. The monoisotopic (exact) mass is 292 g/mol. The number of hydrogen-bond donors (Lipinski definition) is 2. The van der Waals surface area contributed by atoms with Gasteiger partial charge in [0.2, 0.25) is 5.76 Å². The number of carbonyl (C=O) groups excluding carboxylic acids is 1. The molecular weight excluding hydrogens is 276 g/mol. The zero-order valence-electron chi connectivity index (χ0n) is 11.3. The van der Waals surface area contributed by atoms with Crippen LogP contribution in [0, 0.1) is 0 Å². The molecule has 0 aliphatic carbocycles. The summed E-state index contributed by atoms with van der Waals surface area (Å²) in [6.07, 6.45) is 0. The highest BCUT2D eigenvalue weighted by Gasteiger charge is 2.18.